The molecule has 0 aliphatic carbocycles. The van der Waals surface area contributed by atoms with E-state index in [1.807, 2.05) is 35.3 Å². The summed E-state index contributed by atoms with van der Waals surface area (Å²) in [5, 5.41) is 17.1. The van der Waals surface area contributed by atoms with Crippen molar-refractivity contribution >= 4 is 0 Å². The molecule has 0 aliphatic rings. The number of rotatable bonds is 7. The lowest BCUT2D eigenvalue weighted by Gasteiger charge is -2.14. The number of benzene rings is 1. The average molecular weight is 259 g/mol. The van der Waals surface area contributed by atoms with Crippen LogP contribution in [0.3, 0.4) is 0 Å². The number of aliphatic hydroxyl groups is 1. The van der Waals surface area contributed by atoms with E-state index in [2.05, 4.69) is 29.5 Å². The van der Waals surface area contributed by atoms with Crippen LogP contribution in [0.4, 0.5) is 0 Å². The third-order valence-electron chi connectivity index (χ3n) is 3.09. The highest BCUT2D eigenvalue weighted by Crippen LogP contribution is 2.12. The minimum atomic E-state index is -0.0641. The minimum absolute atomic E-state index is 0.0641. The number of aliphatic hydroxyl groups excluding tert-OH is 1. The summed E-state index contributed by atoms with van der Waals surface area (Å²) < 4.78 is 1.92. The molecule has 1 heterocycles. The SMILES string of the molecule is CCCn1cc(C(CO)NCc2ccccc2)cn1. The number of aryl methyl sites for hydroxylation is 1. The molecule has 4 heteroatoms. The van der Waals surface area contributed by atoms with E-state index in [9.17, 15) is 5.11 Å². The highest BCUT2D eigenvalue weighted by Gasteiger charge is 2.11. The van der Waals surface area contributed by atoms with Gasteiger partial charge in [-0.05, 0) is 12.0 Å². The Balaban J connectivity index is 1.95. The van der Waals surface area contributed by atoms with E-state index in [0.717, 1.165) is 25.1 Å². The summed E-state index contributed by atoms with van der Waals surface area (Å²) >= 11 is 0. The maximum atomic E-state index is 9.50. The fourth-order valence-corrected chi connectivity index (χ4v) is 2.04. The summed E-state index contributed by atoms with van der Waals surface area (Å²) in [6.45, 7) is 3.85. The van der Waals surface area contributed by atoms with Gasteiger partial charge in [0.1, 0.15) is 0 Å². The minimum Gasteiger partial charge on any atom is -0.394 e. The lowest BCUT2D eigenvalue weighted by Crippen LogP contribution is -2.23. The summed E-state index contributed by atoms with van der Waals surface area (Å²) in [4.78, 5) is 0. The Bertz CT molecular complexity index is 481. The average Bonchev–Trinajstić information content (AvgIpc) is 2.90. The molecule has 2 aromatic rings. The highest BCUT2D eigenvalue weighted by molar-refractivity contribution is 5.16. The van der Waals surface area contributed by atoms with Crippen molar-refractivity contribution in [3.8, 4) is 0 Å². The zero-order chi connectivity index (χ0) is 13.5. The van der Waals surface area contributed by atoms with Gasteiger partial charge in [-0.3, -0.25) is 4.68 Å². The first kappa shape index (κ1) is 13.8. The van der Waals surface area contributed by atoms with E-state index >= 15 is 0 Å². The van der Waals surface area contributed by atoms with Gasteiger partial charge < -0.3 is 10.4 Å². The van der Waals surface area contributed by atoms with E-state index < -0.39 is 0 Å². The van der Waals surface area contributed by atoms with Gasteiger partial charge in [-0.1, -0.05) is 37.3 Å². The second-order valence-electron chi connectivity index (χ2n) is 4.64. The fourth-order valence-electron chi connectivity index (χ4n) is 2.04. The molecule has 2 N–H and O–H groups in total. The molecule has 0 saturated carbocycles. The molecule has 1 aromatic carbocycles. The fraction of sp³-hybridized carbons (Fsp3) is 0.400. The van der Waals surface area contributed by atoms with Gasteiger partial charge in [0.2, 0.25) is 0 Å². The van der Waals surface area contributed by atoms with E-state index in [4.69, 9.17) is 0 Å². The first-order chi connectivity index (χ1) is 9.33. The van der Waals surface area contributed by atoms with Gasteiger partial charge in [0.25, 0.3) is 0 Å². The maximum Gasteiger partial charge on any atom is 0.0627 e. The molecule has 102 valence electrons. The van der Waals surface area contributed by atoms with Gasteiger partial charge in [0.05, 0.1) is 18.8 Å². The zero-order valence-corrected chi connectivity index (χ0v) is 11.3. The van der Waals surface area contributed by atoms with Crippen LogP contribution in [0.25, 0.3) is 0 Å². The molecule has 0 amide bonds. The predicted octanol–water partition coefficient (Wildman–Crippen LogP) is 2.12. The van der Waals surface area contributed by atoms with Crippen LogP contribution in [-0.4, -0.2) is 21.5 Å². The summed E-state index contributed by atoms with van der Waals surface area (Å²) in [7, 11) is 0. The zero-order valence-electron chi connectivity index (χ0n) is 11.3. The van der Waals surface area contributed by atoms with E-state index in [1.165, 1.54) is 5.56 Å². The van der Waals surface area contributed by atoms with Crippen LogP contribution in [0.15, 0.2) is 42.7 Å². The molecule has 19 heavy (non-hydrogen) atoms. The highest BCUT2D eigenvalue weighted by atomic mass is 16.3. The van der Waals surface area contributed by atoms with E-state index in [1.54, 1.807) is 0 Å². The second kappa shape index (κ2) is 7.07. The van der Waals surface area contributed by atoms with Gasteiger partial charge in [-0.2, -0.15) is 5.10 Å². The molecular formula is C15H21N3O. The Morgan fingerprint density at radius 3 is 2.79 bits per heavy atom. The first-order valence-corrected chi connectivity index (χ1v) is 6.74. The molecule has 0 spiro atoms. The predicted molar refractivity (Wildman–Crippen MR) is 75.6 cm³/mol. The first-order valence-electron chi connectivity index (χ1n) is 6.74. The van der Waals surface area contributed by atoms with Crippen LogP contribution in [-0.2, 0) is 13.1 Å². The normalized spacial score (nSPS) is 12.5. The lowest BCUT2D eigenvalue weighted by atomic mass is 10.1. The number of aromatic nitrogens is 2. The quantitative estimate of drug-likeness (QED) is 0.800. The molecule has 0 radical (unpaired) electrons. The van der Waals surface area contributed by atoms with Crippen LogP contribution in [0.2, 0.25) is 0 Å². The molecule has 1 unspecified atom stereocenters. The summed E-state index contributed by atoms with van der Waals surface area (Å²) in [5.41, 5.74) is 2.24. The number of nitrogens with zero attached hydrogens (tertiary/aromatic N) is 2. The van der Waals surface area contributed by atoms with Crippen molar-refractivity contribution in [3.63, 3.8) is 0 Å². The Hall–Kier alpha value is -1.65. The lowest BCUT2D eigenvalue weighted by molar-refractivity contribution is 0.243. The summed E-state index contributed by atoms with van der Waals surface area (Å²) in [6.07, 6.45) is 4.89. The van der Waals surface area contributed by atoms with Crippen molar-refractivity contribution in [2.24, 2.45) is 0 Å². The molecule has 0 aliphatic heterocycles. The molecule has 1 atom stereocenters. The Morgan fingerprint density at radius 1 is 1.32 bits per heavy atom. The topological polar surface area (TPSA) is 50.1 Å². The standard InChI is InChI=1S/C15H21N3O/c1-2-8-18-11-14(10-17-18)15(12-19)16-9-13-6-4-3-5-7-13/h3-7,10-11,15-16,19H,2,8-9,12H2,1H3. The van der Waals surface area contributed by atoms with Gasteiger partial charge in [0.15, 0.2) is 0 Å². The Labute approximate surface area is 114 Å². The van der Waals surface area contributed by atoms with Crippen LogP contribution in [0.1, 0.15) is 30.5 Å². The Kier molecular flexibility index (Phi) is 5.12. The van der Waals surface area contributed by atoms with E-state index in [0.29, 0.717) is 0 Å². The van der Waals surface area contributed by atoms with Crippen molar-refractivity contribution < 1.29 is 5.11 Å². The van der Waals surface area contributed by atoms with Gasteiger partial charge >= 0.3 is 0 Å². The maximum absolute atomic E-state index is 9.50. The molecular weight excluding hydrogens is 238 g/mol. The molecule has 0 fully saturated rings. The third kappa shape index (κ3) is 3.91. The van der Waals surface area contributed by atoms with Gasteiger partial charge in [0, 0.05) is 24.8 Å². The monoisotopic (exact) mass is 259 g/mol. The van der Waals surface area contributed by atoms with Crippen LogP contribution >= 0.6 is 0 Å². The molecule has 0 saturated heterocycles. The van der Waals surface area contributed by atoms with Crippen LogP contribution < -0.4 is 5.32 Å². The summed E-state index contributed by atoms with van der Waals surface area (Å²) in [6, 6.07) is 10.1. The molecule has 0 bridgehead atoms. The number of hydrogen-bond donors (Lipinski definition) is 2. The third-order valence-corrected chi connectivity index (χ3v) is 3.09. The van der Waals surface area contributed by atoms with Crippen molar-refractivity contribution in [1.29, 1.82) is 0 Å². The summed E-state index contributed by atoms with van der Waals surface area (Å²) in [5.74, 6) is 0. The largest absolute Gasteiger partial charge is 0.394 e. The number of nitrogens with one attached hydrogen (secondary N) is 1. The van der Waals surface area contributed by atoms with Gasteiger partial charge in [-0.15, -0.1) is 0 Å². The van der Waals surface area contributed by atoms with Crippen LogP contribution in [0.5, 0.6) is 0 Å². The second-order valence-corrected chi connectivity index (χ2v) is 4.64. The number of hydrogen-bond acceptors (Lipinski definition) is 3. The smallest absolute Gasteiger partial charge is 0.0627 e. The molecule has 4 nitrogen and oxygen atoms in total. The van der Waals surface area contributed by atoms with E-state index in [-0.39, 0.29) is 12.6 Å². The van der Waals surface area contributed by atoms with Crippen molar-refractivity contribution in [2.45, 2.75) is 32.5 Å². The van der Waals surface area contributed by atoms with Crippen molar-refractivity contribution in [1.82, 2.24) is 15.1 Å². The Morgan fingerprint density at radius 2 is 2.11 bits per heavy atom. The van der Waals surface area contributed by atoms with Crippen molar-refractivity contribution in [2.75, 3.05) is 6.61 Å². The van der Waals surface area contributed by atoms with Crippen molar-refractivity contribution in [3.05, 3.63) is 53.9 Å². The van der Waals surface area contributed by atoms with Gasteiger partial charge in [-0.25, -0.2) is 0 Å². The molecule has 2 rings (SSSR count). The van der Waals surface area contributed by atoms with Crippen LogP contribution in [0, 0.1) is 0 Å². The molecule has 1 aromatic heterocycles.